The first-order chi connectivity index (χ1) is 8.98. The number of ether oxygens (including phenoxy) is 3. The molecule has 1 aromatic rings. The number of methoxy groups -OCH3 is 2. The summed E-state index contributed by atoms with van der Waals surface area (Å²) in [5.41, 5.74) is 2.12. The minimum Gasteiger partial charge on any atom is -0.496 e. The van der Waals surface area contributed by atoms with Crippen molar-refractivity contribution in [2.45, 2.75) is 32.4 Å². The molecule has 4 nitrogen and oxygen atoms in total. The normalized spacial score (nSPS) is 22.1. The zero-order valence-electron chi connectivity index (χ0n) is 12.4. The summed E-state index contributed by atoms with van der Waals surface area (Å²) in [4.78, 5) is 0. The van der Waals surface area contributed by atoms with E-state index in [-0.39, 0.29) is 11.6 Å². The Bertz CT molecular complexity index is 447. The van der Waals surface area contributed by atoms with E-state index in [1.807, 2.05) is 19.1 Å². The standard InChI is InChI=1S/C15H23NO3/c1-10-12(17-4)7-6-11(14(10)18-5)13-8-16-15(2,3)9-19-13/h6-7,13,16H,8-9H2,1-5H3. The molecule has 1 fully saturated rings. The van der Waals surface area contributed by atoms with E-state index in [1.54, 1.807) is 14.2 Å². The molecule has 0 aliphatic carbocycles. The zero-order chi connectivity index (χ0) is 14.0. The van der Waals surface area contributed by atoms with Crippen molar-refractivity contribution < 1.29 is 14.2 Å². The van der Waals surface area contributed by atoms with Crippen molar-refractivity contribution in [2.24, 2.45) is 0 Å². The first-order valence-corrected chi connectivity index (χ1v) is 6.56. The van der Waals surface area contributed by atoms with Gasteiger partial charge in [0.25, 0.3) is 0 Å². The van der Waals surface area contributed by atoms with Gasteiger partial charge in [-0.2, -0.15) is 0 Å². The third-order valence-electron chi connectivity index (χ3n) is 3.57. The number of hydrogen-bond donors (Lipinski definition) is 1. The first kappa shape index (κ1) is 14.2. The van der Waals surface area contributed by atoms with E-state index in [9.17, 15) is 0 Å². The Morgan fingerprint density at radius 2 is 2.00 bits per heavy atom. The second-order valence-corrected chi connectivity index (χ2v) is 5.58. The smallest absolute Gasteiger partial charge is 0.131 e. The minimum absolute atomic E-state index is 0.0209. The van der Waals surface area contributed by atoms with E-state index in [4.69, 9.17) is 14.2 Å². The molecule has 0 saturated carbocycles. The van der Waals surface area contributed by atoms with Crippen molar-refractivity contribution in [3.05, 3.63) is 23.3 Å². The quantitative estimate of drug-likeness (QED) is 0.911. The molecule has 0 aromatic heterocycles. The highest BCUT2D eigenvalue weighted by Crippen LogP contribution is 2.37. The van der Waals surface area contributed by atoms with Crippen LogP contribution in [0.25, 0.3) is 0 Å². The van der Waals surface area contributed by atoms with Gasteiger partial charge >= 0.3 is 0 Å². The zero-order valence-corrected chi connectivity index (χ0v) is 12.4. The van der Waals surface area contributed by atoms with Crippen LogP contribution in [0, 0.1) is 6.92 Å². The van der Waals surface area contributed by atoms with Crippen molar-refractivity contribution in [3.8, 4) is 11.5 Å². The van der Waals surface area contributed by atoms with Crippen molar-refractivity contribution in [2.75, 3.05) is 27.4 Å². The molecule has 1 saturated heterocycles. The van der Waals surface area contributed by atoms with Crippen LogP contribution in [0.5, 0.6) is 11.5 Å². The van der Waals surface area contributed by atoms with Crippen molar-refractivity contribution >= 4 is 0 Å². The molecule has 0 radical (unpaired) electrons. The molecule has 1 atom stereocenters. The Labute approximate surface area is 115 Å². The van der Waals surface area contributed by atoms with Gasteiger partial charge in [0.15, 0.2) is 0 Å². The molecule has 1 aliphatic heterocycles. The van der Waals surface area contributed by atoms with Crippen molar-refractivity contribution in [1.29, 1.82) is 0 Å². The average molecular weight is 265 g/mol. The highest BCUT2D eigenvalue weighted by molar-refractivity contribution is 5.50. The molecule has 1 aromatic carbocycles. The first-order valence-electron chi connectivity index (χ1n) is 6.56. The van der Waals surface area contributed by atoms with Crippen LogP contribution < -0.4 is 14.8 Å². The summed E-state index contributed by atoms with van der Waals surface area (Å²) in [5, 5.41) is 3.49. The van der Waals surface area contributed by atoms with Crippen LogP contribution in [0.3, 0.4) is 0 Å². The largest absolute Gasteiger partial charge is 0.496 e. The average Bonchev–Trinajstić information content (AvgIpc) is 2.38. The third kappa shape index (κ3) is 2.85. The fourth-order valence-electron chi connectivity index (χ4n) is 2.43. The molecule has 1 heterocycles. The highest BCUT2D eigenvalue weighted by Gasteiger charge is 2.29. The lowest BCUT2D eigenvalue weighted by Crippen LogP contribution is -2.50. The topological polar surface area (TPSA) is 39.7 Å². The maximum atomic E-state index is 5.97. The third-order valence-corrected chi connectivity index (χ3v) is 3.57. The van der Waals surface area contributed by atoms with Gasteiger partial charge in [-0.1, -0.05) is 0 Å². The van der Waals surface area contributed by atoms with Crippen LogP contribution >= 0.6 is 0 Å². The molecule has 1 N–H and O–H groups in total. The molecule has 4 heteroatoms. The van der Waals surface area contributed by atoms with Gasteiger partial charge < -0.3 is 19.5 Å². The van der Waals surface area contributed by atoms with Gasteiger partial charge in [-0.25, -0.2) is 0 Å². The Morgan fingerprint density at radius 1 is 1.26 bits per heavy atom. The van der Waals surface area contributed by atoms with E-state index in [0.29, 0.717) is 6.61 Å². The van der Waals surface area contributed by atoms with E-state index < -0.39 is 0 Å². The lowest BCUT2D eigenvalue weighted by molar-refractivity contribution is -0.0239. The molecule has 0 amide bonds. The predicted octanol–water partition coefficient (Wildman–Crippen LogP) is 2.45. The molecule has 0 spiro atoms. The summed E-state index contributed by atoms with van der Waals surface area (Å²) in [5.74, 6) is 1.69. The molecule has 0 bridgehead atoms. The molecule has 1 aliphatic rings. The van der Waals surface area contributed by atoms with Gasteiger partial charge in [0.05, 0.1) is 26.9 Å². The second kappa shape index (κ2) is 5.39. The van der Waals surface area contributed by atoms with Gasteiger partial charge in [-0.15, -0.1) is 0 Å². The molecular formula is C15H23NO3. The van der Waals surface area contributed by atoms with Crippen LogP contribution in [0.4, 0.5) is 0 Å². The van der Waals surface area contributed by atoms with Gasteiger partial charge in [0.2, 0.25) is 0 Å². The van der Waals surface area contributed by atoms with Crippen LogP contribution in [-0.2, 0) is 4.74 Å². The molecule has 106 valence electrons. The maximum Gasteiger partial charge on any atom is 0.131 e. The van der Waals surface area contributed by atoms with Gasteiger partial charge in [-0.3, -0.25) is 0 Å². The lowest BCUT2D eigenvalue weighted by atomic mass is 9.99. The number of benzene rings is 1. The molecule has 2 rings (SSSR count). The fraction of sp³-hybridized carbons (Fsp3) is 0.600. The van der Waals surface area contributed by atoms with Crippen LogP contribution in [-0.4, -0.2) is 32.9 Å². The SMILES string of the molecule is COc1ccc(C2CNC(C)(C)CO2)c(OC)c1C. The van der Waals surface area contributed by atoms with Crippen LogP contribution in [0.15, 0.2) is 12.1 Å². The summed E-state index contributed by atoms with van der Waals surface area (Å²) in [7, 11) is 3.36. The predicted molar refractivity (Wildman–Crippen MR) is 75.1 cm³/mol. The molecule has 1 unspecified atom stereocenters. The number of nitrogens with one attached hydrogen (secondary N) is 1. The lowest BCUT2D eigenvalue weighted by Gasteiger charge is -2.36. The minimum atomic E-state index is 0.0209. The number of morpholine rings is 1. The summed E-state index contributed by atoms with van der Waals surface area (Å²) < 4.78 is 16.8. The Balaban J connectivity index is 2.28. The Hall–Kier alpha value is -1.26. The second-order valence-electron chi connectivity index (χ2n) is 5.58. The maximum absolute atomic E-state index is 5.97. The fourth-order valence-corrected chi connectivity index (χ4v) is 2.43. The number of hydrogen-bond acceptors (Lipinski definition) is 4. The summed E-state index contributed by atoms with van der Waals surface area (Å²) in [6.45, 7) is 7.75. The highest BCUT2D eigenvalue weighted by atomic mass is 16.5. The molecule has 19 heavy (non-hydrogen) atoms. The van der Waals surface area contributed by atoms with E-state index in [0.717, 1.165) is 29.2 Å². The van der Waals surface area contributed by atoms with E-state index in [2.05, 4.69) is 19.2 Å². The van der Waals surface area contributed by atoms with E-state index in [1.165, 1.54) is 0 Å². The number of rotatable bonds is 3. The van der Waals surface area contributed by atoms with Crippen molar-refractivity contribution in [3.63, 3.8) is 0 Å². The Morgan fingerprint density at radius 3 is 2.53 bits per heavy atom. The van der Waals surface area contributed by atoms with Gasteiger partial charge in [0, 0.05) is 23.2 Å². The van der Waals surface area contributed by atoms with E-state index >= 15 is 0 Å². The molecular weight excluding hydrogens is 242 g/mol. The van der Waals surface area contributed by atoms with Gasteiger partial charge in [0.1, 0.15) is 11.5 Å². The summed E-state index contributed by atoms with van der Waals surface area (Å²) in [6.07, 6.45) is 0.0209. The monoisotopic (exact) mass is 265 g/mol. The van der Waals surface area contributed by atoms with Crippen molar-refractivity contribution in [1.82, 2.24) is 5.32 Å². The van der Waals surface area contributed by atoms with Crippen LogP contribution in [0.2, 0.25) is 0 Å². The van der Waals surface area contributed by atoms with Gasteiger partial charge in [-0.05, 0) is 32.9 Å². The summed E-state index contributed by atoms with van der Waals surface area (Å²) in [6, 6.07) is 3.99. The van der Waals surface area contributed by atoms with Crippen LogP contribution in [0.1, 0.15) is 31.1 Å². The summed E-state index contributed by atoms with van der Waals surface area (Å²) >= 11 is 0. The Kier molecular flexibility index (Phi) is 4.02.